The van der Waals surface area contributed by atoms with Gasteiger partial charge in [0.15, 0.2) is 0 Å². The zero-order chi connectivity index (χ0) is 14.7. The van der Waals surface area contributed by atoms with Gasteiger partial charge in [0, 0.05) is 18.8 Å². The summed E-state index contributed by atoms with van der Waals surface area (Å²) < 4.78 is 12.5. The summed E-state index contributed by atoms with van der Waals surface area (Å²) in [6, 6.07) is 4.85. The number of piperidine rings is 1. The van der Waals surface area contributed by atoms with E-state index in [2.05, 4.69) is 0 Å². The number of nitrogen functional groups attached to an aromatic ring is 1. The summed E-state index contributed by atoms with van der Waals surface area (Å²) in [5.74, 6) is -0.0593. The van der Waals surface area contributed by atoms with Crippen LogP contribution in [-0.4, -0.2) is 33.4 Å². The van der Waals surface area contributed by atoms with Crippen LogP contribution in [0.15, 0.2) is 23.1 Å². The van der Waals surface area contributed by atoms with Gasteiger partial charge in [-0.05, 0) is 44.4 Å². The number of anilines is 1. The van der Waals surface area contributed by atoms with Crippen molar-refractivity contribution in [2.75, 3.05) is 18.8 Å². The molecule has 0 aliphatic carbocycles. The van der Waals surface area contributed by atoms with Crippen LogP contribution >= 0.6 is 11.6 Å². The molecule has 110 valence electrons. The van der Waals surface area contributed by atoms with Crippen molar-refractivity contribution in [3.8, 4) is 0 Å². The van der Waals surface area contributed by atoms with E-state index >= 15 is 0 Å². The SMILES string of the molecule is CC(C(=O)N1CCCCC1)S(=O)c1ccc(N)cc1Cl. The van der Waals surface area contributed by atoms with Gasteiger partial charge in [-0.2, -0.15) is 0 Å². The third kappa shape index (κ3) is 3.33. The number of likely N-dealkylation sites (tertiary alicyclic amines) is 1. The molecule has 2 unspecified atom stereocenters. The maximum absolute atomic E-state index is 12.5. The first-order valence-electron chi connectivity index (χ1n) is 6.75. The normalized spacial score (nSPS) is 18.6. The lowest BCUT2D eigenvalue weighted by Crippen LogP contribution is -2.42. The van der Waals surface area contributed by atoms with Gasteiger partial charge in [-0.15, -0.1) is 0 Å². The van der Waals surface area contributed by atoms with Crippen molar-refractivity contribution < 1.29 is 9.00 Å². The Labute approximate surface area is 126 Å². The van der Waals surface area contributed by atoms with E-state index < -0.39 is 16.0 Å². The highest BCUT2D eigenvalue weighted by molar-refractivity contribution is 7.86. The third-order valence-corrected chi connectivity index (χ3v) is 5.57. The summed E-state index contributed by atoms with van der Waals surface area (Å²) in [6.07, 6.45) is 3.20. The molecule has 1 aromatic carbocycles. The molecule has 0 radical (unpaired) electrons. The highest BCUT2D eigenvalue weighted by Gasteiger charge is 2.28. The van der Waals surface area contributed by atoms with E-state index in [1.54, 1.807) is 30.0 Å². The minimum absolute atomic E-state index is 0.0593. The Morgan fingerprint density at radius 3 is 2.60 bits per heavy atom. The van der Waals surface area contributed by atoms with Gasteiger partial charge in [0.05, 0.1) is 20.7 Å². The van der Waals surface area contributed by atoms with Gasteiger partial charge in [0.2, 0.25) is 5.91 Å². The minimum Gasteiger partial charge on any atom is -0.399 e. The lowest BCUT2D eigenvalue weighted by molar-refractivity contribution is -0.131. The molecule has 1 amide bonds. The Hall–Kier alpha value is -1.07. The van der Waals surface area contributed by atoms with Gasteiger partial charge in [-0.3, -0.25) is 9.00 Å². The molecule has 1 aliphatic heterocycles. The van der Waals surface area contributed by atoms with Crippen LogP contribution in [0, 0.1) is 0 Å². The van der Waals surface area contributed by atoms with E-state index in [1.165, 1.54) is 0 Å². The number of hydrogen-bond donors (Lipinski definition) is 1. The molecule has 4 nitrogen and oxygen atoms in total. The maximum Gasteiger partial charge on any atom is 0.238 e. The predicted octanol–water partition coefficient (Wildman–Crippen LogP) is 2.43. The van der Waals surface area contributed by atoms with Crippen LogP contribution in [0.25, 0.3) is 0 Å². The number of halogens is 1. The molecule has 0 aromatic heterocycles. The molecule has 0 bridgehead atoms. The third-order valence-electron chi connectivity index (χ3n) is 3.51. The van der Waals surface area contributed by atoms with E-state index in [1.807, 2.05) is 0 Å². The molecule has 2 atom stereocenters. The van der Waals surface area contributed by atoms with Crippen LogP contribution in [0.1, 0.15) is 26.2 Å². The van der Waals surface area contributed by atoms with Gasteiger partial charge in [-0.25, -0.2) is 0 Å². The van der Waals surface area contributed by atoms with Gasteiger partial charge in [0.1, 0.15) is 5.25 Å². The first kappa shape index (κ1) is 15.3. The van der Waals surface area contributed by atoms with Crippen LogP contribution in [-0.2, 0) is 15.6 Å². The van der Waals surface area contributed by atoms with Gasteiger partial charge in [0.25, 0.3) is 0 Å². The van der Waals surface area contributed by atoms with Crippen LogP contribution in [0.5, 0.6) is 0 Å². The van der Waals surface area contributed by atoms with Gasteiger partial charge < -0.3 is 10.6 Å². The fourth-order valence-electron chi connectivity index (χ4n) is 2.33. The molecule has 1 saturated heterocycles. The second-order valence-corrected chi connectivity index (χ2v) is 7.16. The zero-order valence-corrected chi connectivity index (χ0v) is 13.0. The number of benzene rings is 1. The molecule has 6 heteroatoms. The summed E-state index contributed by atoms with van der Waals surface area (Å²) in [6.45, 7) is 3.21. The maximum atomic E-state index is 12.5. The number of carbonyl (C=O) groups is 1. The predicted molar refractivity (Wildman–Crippen MR) is 82.2 cm³/mol. The van der Waals surface area contributed by atoms with Crippen molar-refractivity contribution in [3.05, 3.63) is 23.2 Å². The molecule has 2 rings (SSSR count). The minimum atomic E-state index is -1.46. The quantitative estimate of drug-likeness (QED) is 0.872. The monoisotopic (exact) mass is 314 g/mol. The Morgan fingerprint density at radius 2 is 2.00 bits per heavy atom. The number of rotatable bonds is 3. The lowest BCUT2D eigenvalue weighted by atomic mass is 10.1. The van der Waals surface area contributed by atoms with Gasteiger partial charge >= 0.3 is 0 Å². The van der Waals surface area contributed by atoms with E-state index in [-0.39, 0.29) is 5.91 Å². The smallest absolute Gasteiger partial charge is 0.238 e. The van der Waals surface area contributed by atoms with Crippen LogP contribution in [0.3, 0.4) is 0 Å². The average Bonchev–Trinajstić information content (AvgIpc) is 2.46. The number of hydrogen-bond acceptors (Lipinski definition) is 3. The van der Waals surface area contributed by atoms with Crippen LogP contribution in [0.2, 0.25) is 5.02 Å². The Kier molecular flexibility index (Phi) is 5.05. The molecule has 0 saturated carbocycles. The average molecular weight is 315 g/mol. The first-order valence-corrected chi connectivity index (χ1v) is 8.34. The molecular weight excluding hydrogens is 296 g/mol. The van der Waals surface area contributed by atoms with Crippen molar-refractivity contribution >= 4 is 34.0 Å². The van der Waals surface area contributed by atoms with Crippen molar-refractivity contribution in [3.63, 3.8) is 0 Å². The Morgan fingerprint density at radius 1 is 1.35 bits per heavy atom. The highest BCUT2D eigenvalue weighted by atomic mass is 35.5. The van der Waals surface area contributed by atoms with Crippen molar-refractivity contribution in [2.24, 2.45) is 0 Å². The highest BCUT2D eigenvalue weighted by Crippen LogP contribution is 2.25. The number of nitrogens with zero attached hydrogens (tertiary/aromatic N) is 1. The molecule has 1 heterocycles. The van der Waals surface area contributed by atoms with Crippen molar-refractivity contribution in [2.45, 2.75) is 36.3 Å². The molecular formula is C14H19ClN2O2S. The lowest BCUT2D eigenvalue weighted by Gasteiger charge is -2.29. The van der Waals surface area contributed by atoms with Crippen molar-refractivity contribution in [1.29, 1.82) is 0 Å². The van der Waals surface area contributed by atoms with E-state index in [4.69, 9.17) is 17.3 Å². The van der Waals surface area contributed by atoms with Gasteiger partial charge in [-0.1, -0.05) is 11.6 Å². The topological polar surface area (TPSA) is 63.4 Å². The zero-order valence-electron chi connectivity index (χ0n) is 11.5. The van der Waals surface area contributed by atoms with Crippen molar-refractivity contribution in [1.82, 2.24) is 4.90 Å². The Balaban J connectivity index is 2.13. The first-order chi connectivity index (χ1) is 9.50. The van der Waals surface area contributed by atoms with E-state index in [9.17, 15) is 9.00 Å². The number of carbonyl (C=O) groups excluding carboxylic acids is 1. The number of amides is 1. The summed E-state index contributed by atoms with van der Waals surface area (Å²) in [7, 11) is -1.46. The largest absolute Gasteiger partial charge is 0.399 e. The van der Waals surface area contributed by atoms with E-state index in [0.717, 1.165) is 32.4 Å². The standard InChI is InChI=1S/C14H19ClN2O2S/c1-10(14(18)17-7-3-2-4-8-17)20(19)13-6-5-11(16)9-12(13)15/h5-6,9-10H,2-4,7-8,16H2,1H3. The molecule has 1 aromatic rings. The van der Waals surface area contributed by atoms with Crippen LogP contribution in [0.4, 0.5) is 5.69 Å². The fraction of sp³-hybridized carbons (Fsp3) is 0.500. The Bertz CT molecular complexity index is 530. The molecule has 2 N–H and O–H groups in total. The van der Waals surface area contributed by atoms with Crippen LogP contribution < -0.4 is 5.73 Å². The molecule has 0 spiro atoms. The fourth-order valence-corrected chi connectivity index (χ4v) is 3.92. The second-order valence-electron chi connectivity index (χ2n) is 5.02. The molecule has 1 aliphatic rings. The second kappa shape index (κ2) is 6.59. The molecule has 1 fully saturated rings. The summed E-state index contributed by atoms with van der Waals surface area (Å²) in [5, 5.41) is -0.240. The number of nitrogens with two attached hydrogens (primary N) is 1. The summed E-state index contributed by atoms with van der Waals surface area (Å²) in [5.41, 5.74) is 6.14. The van der Waals surface area contributed by atoms with E-state index in [0.29, 0.717) is 15.6 Å². The summed E-state index contributed by atoms with van der Waals surface area (Å²) in [4.78, 5) is 14.6. The molecule has 20 heavy (non-hydrogen) atoms. The summed E-state index contributed by atoms with van der Waals surface area (Å²) >= 11 is 6.06.